The molecule has 0 atom stereocenters. The van der Waals surface area contributed by atoms with E-state index in [0.29, 0.717) is 0 Å². The predicted molar refractivity (Wildman–Crippen MR) is 23.8 cm³/mol. The summed E-state index contributed by atoms with van der Waals surface area (Å²) in [5.41, 5.74) is 0. The molecule has 7 N–H and O–H groups in total. The Morgan fingerprint density at radius 3 is 1.50 bits per heavy atom. The number of carbonyl (C=O) groups is 1. The van der Waals surface area contributed by atoms with Crippen LogP contribution in [0.1, 0.15) is 0 Å². The van der Waals surface area contributed by atoms with E-state index >= 15 is 0 Å². The van der Waals surface area contributed by atoms with E-state index in [1.807, 2.05) is 0 Å². The first-order valence-electron chi connectivity index (χ1n) is 0.716. The number of hydrogen-bond acceptors (Lipinski definition) is 3. The highest BCUT2D eigenvalue weighted by Crippen LogP contribution is 1.41. The molecule has 0 heterocycles. The molecular weight excluding hydrogens is 82.8 g/mol. The molecule has 4 nitrogen and oxygen atoms in total. The largest absolute Gasteiger partial charge is 0.490 e. The lowest BCUT2D eigenvalue weighted by Gasteiger charge is -1.59. The molecule has 2 radical (unpaired) electrons. The Bertz CT molecular complexity index is 34.5. The minimum absolute atomic E-state index is 0. The fraction of sp³-hybridized carbons (Fsp3) is 0. The zero-order valence-electron chi connectivity index (χ0n) is 3.35. The molecule has 0 aliphatic heterocycles. The average Bonchev–Trinajstić information content (AvgIpc) is 0.811. The van der Waals surface area contributed by atoms with Crippen LogP contribution in [0.4, 0.5) is 4.79 Å². The predicted octanol–water partition coefficient (Wildman–Crippen LogP) is 0.157. The molecule has 0 unspecified atom stereocenters. The second kappa shape index (κ2) is 8.82. The molecule has 0 aromatic carbocycles. The van der Waals surface area contributed by atoms with Crippen LogP contribution in [0, 0.1) is 0 Å². The quantitative estimate of drug-likeness (QED) is 0.368. The van der Waals surface area contributed by atoms with Crippen LogP contribution in [0.5, 0.6) is 0 Å². The highest BCUT2D eigenvalue weighted by molar-refractivity contribution is 6.54. The van der Waals surface area contributed by atoms with Gasteiger partial charge in [-0.25, -0.2) is 0 Å². The molecule has 0 spiro atoms. The summed E-state index contributed by atoms with van der Waals surface area (Å²) < 4.78 is 0. The molecule has 0 aromatic rings. The van der Waals surface area contributed by atoms with E-state index in [2.05, 4.69) is 7.85 Å². The monoisotopic (exact) mass is 90.1 g/mol. The first-order valence-corrected chi connectivity index (χ1v) is 0.716. The summed E-state index contributed by atoms with van der Waals surface area (Å²) >= 11 is 0. The summed E-state index contributed by atoms with van der Waals surface area (Å²) in [6, 6.07) is 0. The molecule has 36 valence electrons. The van der Waals surface area contributed by atoms with E-state index in [4.69, 9.17) is 9.90 Å². The Kier molecular flexibility index (Phi) is 26.4. The first-order chi connectivity index (χ1) is 1.73. The smallest absolute Gasteiger partial charge is 0.233 e. The third kappa shape index (κ3) is 70.1. The van der Waals surface area contributed by atoms with Gasteiger partial charge in [-0.2, -0.15) is 0 Å². The highest BCUT2D eigenvalue weighted by atomic mass is 16.4. The van der Waals surface area contributed by atoms with E-state index in [-0.39, 0.29) is 12.3 Å². The molecule has 0 amide bonds. The van der Waals surface area contributed by atoms with Gasteiger partial charge in [-0.15, -0.1) is 0 Å². The maximum atomic E-state index is 8.78. The van der Waals surface area contributed by atoms with Gasteiger partial charge in [0.1, 0.15) is 0 Å². The van der Waals surface area contributed by atoms with E-state index in [1.165, 1.54) is 0 Å². The van der Waals surface area contributed by atoms with Gasteiger partial charge in [0.2, 0.25) is 13.7 Å². The van der Waals surface area contributed by atoms with Gasteiger partial charge in [0.05, 0.1) is 0 Å². The van der Waals surface area contributed by atoms with Crippen LogP contribution in [0.3, 0.4) is 0 Å². The minimum atomic E-state index is -1.33. The van der Waals surface area contributed by atoms with Crippen LogP contribution >= 0.6 is 0 Å². The number of hydrogen-bond donors (Lipinski definition) is 3. The van der Waals surface area contributed by atoms with Crippen molar-refractivity contribution in [2.75, 3.05) is 0 Å². The van der Waals surface area contributed by atoms with Gasteiger partial charge in [0.25, 0.3) is 0 Å². The van der Waals surface area contributed by atoms with Crippen molar-refractivity contribution in [3.63, 3.8) is 0 Å². The molecule has 0 saturated carbocycles. The zero-order valence-corrected chi connectivity index (χ0v) is 3.35. The van der Waals surface area contributed by atoms with Crippen molar-refractivity contribution >= 4 is 13.7 Å². The van der Waals surface area contributed by atoms with Crippen LogP contribution < -0.4 is 12.3 Å². The van der Waals surface area contributed by atoms with Crippen LogP contribution in [0.15, 0.2) is 0 Å². The van der Waals surface area contributed by atoms with Crippen molar-refractivity contribution in [2.24, 2.45) is 0 Å². The summed E-state index contributed by atoms with van der Waals surface area (Å²) in [6.07, 6.45) is 0. The van der Waals surface area contributed by atoms with Gasteiger partial charge in [0, 0.05) is 0 Å². The highest BCUT2D eigenvalue weighted by Gasteiger charge is 1.66. The SMILES string of the molecule is N.N.[B]C(=O)O. The van der Waals surface area contributed by atoms with Crippen LogP contribution in [0.2, 0.25) is 0 Å². The summed E-state index contributed by atoms with van der Waals surface area (Å²) in [4.78, 5) is 8.78. The van der Waals surface area contributed by atoms with Gasteiger partial charge in [-0.3, -0.25) is 4.79 Å². The van der Waals surface area contributed by atoms with Crippen LogP contribution in [-0.2, 0) is 0 Å². The standard InChI is InChI=1S/CHBO2.2H3N/c2-1(3)4;;/h(H,3,4);2*1H3. The van der Waals surface area contributed by atoms with Crippen molar-refractivity contribution in [3.05, 3.63) is 0 Å². The molecule has 0 bridgehead atoms. The maximum absolute atomic E-state index is 8.78. The summed E-state index contributed by atoms with van der Waals surface area (Å²) in [7, 11) is 4.03. The molecule has 5 heteroatoms. The van der Waals surface area contributed by atoms with Crippen molar-refractivity contribution in [2.45, 2.75) is 0 Å². The van der Waals surface area contributed by atoms with Crippen LogP contribution in [-0.4, -0.2) is 18.8 Å². The Labute approximate surface area is 37.1 Å². The summed E-state index contributed by atoms with van der Waals surface area (Å²) in [6.45, 7) is 0. The lowest BCUT2D eigenvalue weighted by molar-refractivity contribution is 0.220. The van der Waals surface area contributed by atoms with E-state index < -0.39 is 5.87 Å². The molecule has 0 saturated heterocycles. The van der Waals surface area contributed by atoms with Crippen LogP contribution in [0.25, 0.3) is 0 Å². The Morgan fingerprint density at radius 1 is 1.50 bits per heavy atom. The van der Waals surface area contributed by atoms with Crippen molar-refractivity contribution in [1.29, 1.82) is 0 Å². The zero-order chi connectivity index (χ0) is 3.58. The third-order valence-electron chi connectivity index (χ3n) is 0. The van der Waals surface area contributed by atoms with Gasteiger partial charge < -0.3 is 17.4 Å². The second-order valence-electron chi connectivity index (χ2n) is 0.338. The fourth-order valence-electron chi connectivity index (χ4n) is 0. The van der Waals surface area contributed by atoms with Crippen molar-refractivity contribution < 1.29 is 9.90 Å². The molecule has 0 rings (SSSR count). The first kappa shape index (κ1) is 18.0. The van der Waals surface area contributed by atoms with E-state index in [1.54, 1.807) is 0 Å². The summed E-state index contributed by atoms with van der Waals surface area (Å²) in [5.74, 6) is -1.33. The summed E-state index contributed by atoms with van der Waals surface area (Å²) in [5, 5.41) is 7.19. The lowest BCUT2D eigenvalue weighted by Crippen LogP contribution is -1.83. The Hall–Kier alpha value is -0.545. The minimum Gasteiger partial charge on any atom is -0.490 e. The van der Waals surface area contributed by atoms with E-state index in [9.17, 15) is 0 Å². The van der Waals surface area contributed by atoms with Crippen molar-refractivity contribution in [1.82, 2.24) is 12.3 Å². The number of carboxylic acid groups (broad SMARTS) is 1. The molecule has 6 heavy (non-hydrogen) atoms. The topological polar surface area (TPSA) is 107 Å². The Balaban J connectivity index is -0.0000000450. The average molecular weight is 89.9 g/mol. The van der Waals surface area contributed by atoms with Gasteiger partial charge in [0.15, 0.2) is 0 Å². The number of rotatable bonds is 0. The van der Waals surface area contributed by atoms with Gasteiger partial charge in [-0.1, -0.05) is 0 Å². The van der Waals surface area contributed by atoms with Gasteiger partial charge >= 0.3 is 0 Å². The third-order valence-corrected chi connectivity index (χ3v) is 0. The Morgan fingerprint density at radius 2 is 1.50 bits per heavy atom. The second-order valence-corrected chi connectivity index (χ2v) is 0.338. The molecular formula is CH7BN2O2. The van der Waals surface area contributed by atoms with E-state index in [0.717, 1.165) is 0 Å². The maximum Gasteiger partial charge on any atom is 0.233 e. The molecule has 0 aromatic heterocycles. The lowest BCUT2D eigenvalue weighted by atomic mass is 10.2. The molecule has 0 aliphatic carbocycles. The molecule has 0 fully saturated rings. The normalized spacial score (nSPS) is 4.00. The van der Waals surface area contributed by atoms with Crippen molar-refractivity contribution in [3.8, 4) is 0 Å². The molecule has 0 aliphatic rings. The van der Waals surface area contributed by atoms with Gasteiger partial charge in [-0.05, 0) is 0 Å². The fourth-order valence-corrected chi connectivity index (χ4v) is 0.